The van der Waals surface area contributed by atoms with E-state index in [9.17, 15) is 4.79 Å². The summed E-state index contributed by atoms with van der Waals surface area (Å²) < 4.78 is 1.21. The van der Waals surface area contributed by atoms with E-state index in [0.717, 1.165) is 50.6 Å². The van der Waals surface area contributed by atoms with Crippen molar-refractivity contribution in [3.8, 4) is 0 Å². The second kappa shape index (κ2) is 11.0. The van der Waals surface area contributed by atoms with Gasteiger partial charge in [-0.25, -0.2) is 0 Å². The molecule has 0 atom stereocenters. The standard InChI is InChI=1S/C26H29ClN2OS3/c27-18-11-13-21(14-12-18)31-24-16-15-22(32-24)17-23-25(30)29(20-9-5-2-6-10-20)26(33-23)28-19-7-3-1-4-8-19/h11-17,19-20H,1-10H2/b23-17-,28-26?. The Hall–Kier alpha value is -1.21. The third kappa shape index (κ3) is 5.90. The number of hydrogen-bond acceptors (Lipinski definition) is 5. The highest BCUT2D eigenvalue weighted by atomic mass is 35.5. The second-order valence-corrected chi connectivity index (χ2v) is 12.9. The van der Waals surface area contributed by atoms with Crippen LogP contribution in [0.4, 0.5) is 0 Å². The minimum absolute atomic E-state index is 0.154. The van der Waals surface area contributed by atoms with Gasteiger partial charge in [-0.3, -0.25) is 14.7 Å². The number of halogens is 1. The fourth-order valence-electron chi connectivity index (χ4n) is 4.82. The lowest BCUT2D eigenvalue weighted by atomic mass is 9.94. The molecule has 7 heteroatoms. The number of amides is 1. The Morgan fingerprint density at radius 3 is 2.36 bits per heavy atom. The third-order valence-corrected chi connectivity index (χ3v) is 9.97. The Bertz CT molecular complexity index is 1030. The average Bonchev–Trinajstić information content (AvgIpc) is 3.40. The van der Waals surface area contributed by atoms with E-state index in [1.807, 2.05) is 24.3 Å². The largest absolute Gasteiger partial charge is 0.284 e. The van der Waals surface area contributed by atoms with Crippen molar-refractivity contribution < 1.29 is 4.79 Å². The monoisotopic (exact) mass is 516 g/mol. The number of carbonyl (C=O) groups excluding carboxylic acids is 1. The summed E-state index contributed by atoms with van der Waals surface area (Å²) in [6.45, 7) is 0. The lowest BCUT2D eigenvalue weighted by Crippen LogP contribution is -2.41. The Kier molecular flexibility index (Phi) is 7.86. The molecule has 0 N–H and O–H groups in total. The van der Waals surface area contributed by atoms with Gasteiger partial charge in [-0.05, 0) is 79.9 Å². The van der Waals surface area contributed by atoms with E-state index in [-0.39, 0.29) is 5.91 Å². The van der Waals surface area contributed by atoms with Crippen molar-refractivity contribution in [1.82, 2.24) is 4.90 Å². The van der Waals surface area contributed by atoms with Gasteiger partial charge in [-0.1, -0.05) is 61.9 Å². The number of rotatable bonds is 5. The molecule has 0 unspecified atom stereocenters. The maximum atomic E-state index is 13.5. The molecule has 1 aromatic heterocycles. The van der Waals surface area contributed by atoms with Crippen LogP contribution >= 0.6 is 46.5 Å². The molecular weight excluding hydrogens is 488 g/mol. The first-order valence-electron chi connectivity index (χ1n) is 12.0. The molecule has 1 saturated heterocycles. The smallest absolute Gasteiger partial charge is 0.267 e. The summed E-state index contributed by atoms with van der Waals surface area (Å²) in [6.07, 6.45) is 14.1. The lowest BCUT2D eigenvalue weighted by molar-refractivity contribution is -0.124. The Balaban J connectivity index is 1.36. The van der Waals surface area contributed by atoms with Crippen LogP contribution < -0.4 is 0 Å². The van der Waals surface area contributed by atoms with Crippen molar-refractivity contribution in [2.24, 2.45) is 4.99 Å². The predicted molar refractivity (Wildman–Crippen MR) is 143 cm³/mol. The Labute approximate surface area is 214 Å². The molecule has 0 radical (unpaired) electrons. The number of amidine groups is 1. The fourth-order valence-corrected chi connectivity index (χ4v) is 8.19. The van der Waals surface area contributed by atoms with E-state index in [2.05, 4.69) is 23.1 Å². The normalized spacial score (nSPS) is 23.2. The van der Waals surface area contributed by atoms with Gasteiger partial charge in [0.2, 0.25) is 0 Å². The highest BCUT2D eigenvalue weighted by Gasteiger charge is 2.39. The van der Waals surface area contributed by atoms with Gasteiger partial charge in [0.05, 0.1) is 15.2 Å². The van der Waals surface area contributed by atoms with Gasteiger partial charge in [0, 0.05) is 20.8 Å². The number of benzene rings is 1. The van der Waals surface area contributed by atoms with E-state index < -0.39 is 0 Å². The van der Waals surface area contributed by atoms with Crippen LogP contribution in [-0.4, -0.2) is 28.1 Å². The molecule has 5 rings (SSSR count). The predicted octanol–water partition coefficient (Wildman–Crippen LogP) is 8.49. The van der Waals surface area contributed by atoms with Crippen LogP contribution in [-0.2, 0) is 4.79 Å². The summed E-state index contributed by atoms with van der Waals surface area (Å²) in [4.78, 5) is 23.8. The van der Waals surface area contributed by atoms with Crippen LogP contribution in [0.25, 0.3) is 6.08 Å². The van der Waals surface area contributed by atoms with Gasteiger partial charge in [-0.15, -0.1) is 11.3 Å². The van der Waals surface area contributed by atoms with Gasteiger partial charge < -0.3 is 0 Å². The highest BCUT2D eigenvalue weighted by Crippen LogP contribution is 2.40. The van der Waals surface area contributed by atoms with Crippen LogP contribution in [0, 0.1) is 0 Å². The maximum Gasteiger partial charge on any atom is 0.267 e. The highest BCUT2D eigenvalue weighted by molar-refractivity contribution is 8.18. The maximum absolute atomic E-state index is 13.5. The number of carbonyl (C=O) groups is 1. The van der Waals surface area contributed by atoms with Crippen molar-refractivity contribution >= 4 is 63.6 Å². The lowest BCUT2D eigenvalue weighted by Gasteiger charge is -2.31. The number of nitrogens with zero attached hydrogens (tertiary/aromatic N) is 2. The van der Waals surface area contributed by atoms with Gasteiger partial charge in [0.25, 0.3) is 5.91 Å². The molecule has 3 fully saturated rings. The molecule has 2 heterocycles. The minimum atomic E-state index is 0.154. The number of aliphatic imine (C=N–C) groups is 1. The van der Waals surface area contributed by atoms with Gasteiger partial charge in [0.1, 0.15) is 0 Å². The van der Waals surface area contributed by atoms with Crippen molar-refractivity contribution in [2.75, 3.05) is 0 Å². The molecule has 0 bridgehead atoms. The molecular formula is C26H29ClN2OS3. The molecule has 2 saturated carbocycles. The first kappa shape index (κ1) is 23.5. The zero-order valence-electron chi connectivity index (χ0n) is 18.7. The number of thioether (sulfide) groups is 1. The molecule has 1 aromatic carbocycles. The summed E-state index contributed by atoms with van der Waals surface area (Å²) in [5, 5.41) is 1.71. The number of hydrogen-bond donors (Lipinski definition) is 0. The van der Waals surface area contributed by atoms with Crippen LogP contribution in [0.1, 0.15) is 69.1 Å². The zero-order valence-corrected chi connectivity index (χ0v) is 21.9. The number of thiophene rings is 1. The van der Waals surface area contributed by atoms with Crippen LogP contribution in [0.2, 0.25) is 5.02 Å². The summed E-state index contributed by atoms with van der Waals surface area (Å²) >= 11 is 11.1. The molecule has 2 aromatic rings. The third-order valence-electron chi connectivity index (χ3n) is 6.55. The summed E-state index contributed by atoms with van der Waals surface area (Å²) in [7, 11) is 0. The molecule has 174 valence electrons. The summed E-state index contributed by atoms with van der Waals surface area (Å²) in [5.74, 6) is 0.154. The van der Waals surface area contributed by atoms with E-state index in [1.165, 1.54) is 42.7 Å². The molecule has 3 nitrogen and oxygen atoms in total. The summed E-state index contributed by atoms with van der Waals surface area (Å²) in [6, 6.07) is 12.9. The molecule has 1 aliphatic heterocycles. The summed E-state index contributed by atoms with van der Waals surface area (Å²) in [5.41, 5.74) is 0. The first-order valence-corrected chi connectivity index (χ1v) is 14.8. The van der Waals surface area contributed by atoms with E-state index in [1.54, 1.807) is 34.9 Å². The molecule has 2 aliphatic carbocycles. The van der Waals surface area contributed by atoms with Gasteiger partial charge >= 0.3 is 0 Å². The molecule has 33 heavy (non-hydrogen) atoms. The van der Waals surface area contributed by atoms with Crippen LogP contribution in [0.15, 0.2) is 55.4 Å². The van der Waals surface area contributed by atoms with Gasteiger partial charge in [0.15, 0.2) is 5.17 Å². The Morgan fingerprint density at radius 2 is 1.64 bits per heavy atom. The quantitative estimate of drug-likeness (QED) is 0.373. The fraction of sp³-hybridized carbons (Fsp3) is 0.462. The molecule has 0 spiro atoms. The van der Waals surface area contributed by atoms with E-state index >= 15 is 0 Å². The van der Waals surface area contributed by atoms with E-state index in [0.29, 0.717) is 12.1 Å². The SMILES string of the molecule is O=C1/C(=C/c2ccc(Sc3ccc(Cl)cc3)s2)SC(=NC2CCCCC2)N1C1CCCCC1. The topological polar surface area (TPSA) is 32.7 Å². The Morgan fingerprint density at radius 1 is 0.939 bits per heavy atom. The van der Waals surface area contributed by atoms with Crippen LogP contribution in [0.3, 0.4) is 0 Å². The minimum Gasteiger partial charge on any atom is -0.284 e. The average molecular weight is 517 g/mol. The van der Waals surface area contributed by atoms with Crippen LogP contribution in [0.5, 0.6) is 0 Å². The second-order valence-electron chi connectivity index (χ2n) is 8.99. The molecule has 3 aliphatic rings. The molecule has 1 amide bonds. The van der Waals surface area contributed by atoms with Crippen molar-refractivity contribution in [2.45, 2.75) is 85.4 Å². The zero-order chi connectivity index (χ0) is 22.6. The van der Waals surface area contributed by atoms with Crippen molar-refractivity contribution in [1.29, 1.82) is 0 Å². The first-order chi connectivity index (χ1) is 16.2. The van der Waals surface area contributed by atoms with E-state index in [4.69, 9.17) is 16.6 Å². The van der Waals surface area contributed by atoms with Crippen molar-refractivity contribution in [3.63, 3.8) is 0 Å². The van der Waals surface area contributed by atoms with Gasteiger partial charge in [-0.2, -0.15) is 0 Å². The van der Waals surface area contributed by atoms with Crippen molar-refractivity contribution in [3.05, 3.63) is 51.2 Å².